The van der Waals surface area contributed by atoms with E-state index in [2.05, 4.69) is 20.6 Å². The quantitative estimate of drug-likeness (QED) is 0.619. The van der Waals surface area contributed by atoms with Gasteiger partial charge in [0.15, 0.2) is 0 Å². The Bertz CT molecular complexity index is 907. The molecule has 0 saturated heterocycles. The summed E-state index contributed by atoms with van der Waals surface area (Å²) in [4.78, 5) is 7.76. The Morgan fingerprint density at radius 2 is 1.50 bits per heavy atom. The molecule has 1 aromatic heterocycles. The number of rotatable bonds is 4. The SMILES string of the molecule is Fc1cccc(F)c1Nc1ccnc(Nc2ccccc2C(F)(F)F)n1. The van der Waals surface area contributed by atoms with E-state index in [4.69, 9.17) is 0 Å². The number of nitrogens with one attached hydrogen (secondary N) is 2. The molecule has 0 aliphatic rings. The van der Waals surface area contributed by atoms with Crippen molar-refractivity contribution in [3.8, 4) is 0 Å². The van der Waals surface area contributed by atoms with E-state index in [1.54, 1.807) is 0 Å². The van der Waals surface area contributed by atoms with Gasteiger partial charge in [0.25, 0.3) is 0 Å². The van der Waals surface area contributed by atoms with Gasteiger partial charge in [-0.25, -0.2) is 13.8 Å². The van der Waals surface area contributed by atoms with E-state index in [0.29, 0.717) is 0 Å². The standard InChI is InChI=1S/C17H11F5N4/c18-11-5-3-6-12(19)15(11)25-14-8-9-23-16(26-14)24-13-7-2-1-4-10(13)17(20,21)22/h1-9H,(H2,23,24,25,26). The number of halogens is 5. The van der Waals surface area contributed by atoms with E-state index in [1.807, 2.05) is 0 Å². The molecular formula is C17H11F5N4. The zero-order valence-electron chi connectivity index (χ0n) is 13.0. The summed E-state index contributed by atoms with van der Waals surface area (Å²) in [5.74, 6) is -1.82. The predicted octanol–water partition coefficient (Wildman–Crippen LogP) is 5.26. The minimum Gasteiger partial charge on any atom is -0.335 e. The maximum absolute atomic E-state index is 13.7. The number of para-hydroxylation sites is 2. The molecule has 0 fully saturated rings. The molecule has 4 nitrogen and oxygen atoms in total. The molecule has 0 bridgehead atoms. The molecule has 0 amide bonds. The highest BCUT2D eigenvalue weighted by atomic mass is 19.4. The largest absolute Gasteiger partial charge is 0.418 e. The predicted molar refractivity (Wildman–Crippen MR) is 86.4 cm³/mol. The summed E-state index contributed by atoms with van der Waals surface area (Å²) in [5, 5.41) is 4.91. The molecule has 0 saturated carbocycles. The first kappa shape index (κ1) is 17.6. The van der Waals surface area contributed by atoms with Crippen molar-refractivity contribution in [1.29, 1.82) is 0 Å². The van der Waals surface area contributed by atoms with Gasteiger partial charge in [0.05, 0.1) is 11.3 Å². The van der Waals surface area contributed by atoms with Crippen LogP contribution in [0, 0.1) is 11.6 Å². The lowest BCUT2D eigenvalue weighted by molar-refractivity contribution is -0.136. The molecule has 134 valence electrons. The Labute approximate surface area is 144 Å². The summed E-state index contributed by atoms with van der Waals surface area (Å²) in [6, 6.07) is 9.48. The second-order valence-electron chi connectivity index (χ2n) is 5.16. The molecule has 0 unspecified atom stereocenters. The number of hydrogen-bond acceptors (Lipinski definition) is 4. The van der Waals surface area contributed by atoms with Gasteiger partial charge in [0.2, 0.25) is 5.95 Å². The molecule has 0 atom stereocenters. The normalized spacial score (nSPS) is 11.3. The van der Waals surface area contributed by atoms with Crippen molar-refractivity contribution in [2.24, 2.45) is 0 Å². The van der Waals surface area contributed by atoms with E-state index < -0.39 is 29.1 Å². The summed E-state index contributed by atoms with van der Waals surface area (Å²) >= 11 is 0. The molecule has 3 rings (SSSR count). The number of aromatic nitrogens is 2. The van der Waals surface area contributed by atoms with E-state index in [1.165, 1.54) is 36.5 Å². The Kier molecular flexibility index (Phi) is 4.70. The lowest BCUT2D eigenvalue weighted by Crippen LogP contribution is -2.10. The second-order valence-corrected chi connectivity index (χ2v) is 5.16. The highest BCUT2D eigenvalue weighted by Crippen LogP contribution is 2.35. The van der Waals surface area contributed by atoms with Crippen LogP contribution in [-0.4, -0.2) is 9.97 Å². The molecule has 9 heteroatoms. The monoisotopic (exact) mass is 366 g/mol. The Balaban J connectivity index is 1.87. The van der Waals surface area contributed by atoms with Gasteiger partial charge in [0, 0.05) is 6.20 Å². The molecule has 1 heterocycles. The van der Waals surface area contributed by atoms with Crippen molar-refractivity contribution >= 4 is 23.1 Å². The molecule has 0 spiro atoms. The van der Waals surface area contributed by atoms with Crippen LogP contribution < -0.4 is 10.6 Å². The average molecular weight is 366 g/mol. The van der Waals surface area contributed by atoms with E-state index in [-0.39, 0.29) is 17.5 Å². The Hall–Kier alpha value is -3.23. The van der Waals surface area contributed by atoms with Gasteiger partial charge in [-0.2, -0.15) is 18.2 Å². The molecule has 2 N–H and O–H groups in total. The van der Waals surface area contributed by atoms with Crippen LogP contribution in [0.3, 0.4) is 0 Å². The molecule has 0 aliphatic heterocycles. The zero-order chi connectivity index (χ0) is 18.7. The fourth-order valence-corrected chi connectivity index (χ4v) is 2.19. The van der Waals surface area contributed by atoms with Gasteiger partial charge in [0.1, 0.15) is 23.1 Å². The summed E-state index contributed by atoms with van der Waals surface area (Å²) in [7, 11) is 0. The van der Waals surface area contributed by atoms with Crippen LogP contribution >= 0.6 is 0 Å². The lowest BCUT2D eigenvalue weighted by atomic mass is 10.1. The van der Waals surface area contributed by atoms with Crippen molar-refractivity contribution in [1.82, 2.24) is 9.97 Å². The number of anilines is 4. The van der Waals surface area contributed by atoms with Crippen molar-refractivity contribution < 1.29 is 22.0 Å². The van der Waals surface area contributed by atoms with Crippen molar-refractivity contribution in [2.45, 2.75) is 6.18 Å². The van der Waals surface area contributed by atoms with Gasteiger partial charge in [-0.15, -0.1) is 0 Å². The van der Waals surface area contributed by atoms with Crippen molar-refractivity contribution in [3.05, 3.63) is 71.9 Å². The topological polar surface area (TPSA) is 49.8 Å². The van der Waals surface area contributed by atoms with Crippen LogP contribution in [0.15, 0.2) is 54.7 Å². The van der Waals surface area contributed by atoms with E-state index in [9.17, 15) is 22.0 Å². The van der Waals surface area contributed by atoms with Crippen LogP contribution in [0.2, 0.25) is 0 Å². The highest BCUT2D eigenvalue weighted by molar-refractivity contribution is 5.62. The van der Waals surface area contributed by atoms with Gasteiger partial charge in [-0.3, -0.25) is 0 Å². The van der Waals surface area contributed by atoms with Gasteiger partial charge >= 0.3 is 6.18 Å². The van der Waals surface area contributed by atoms with Gasteiger partial charge in [-0.1, -0.05) is 18.2 Å². The van der Waals surface area contributed by atoms with E-state index in [0.717, 1.165) is 18.2 Å². The minimum atomic E-state index is -4.56. The summed E-state index contributed by atoms with van der Waals surface area (Å²) in [6.45, 7) is 0. The van der Waals surface area contributed by atoms with Crippen LogP contribution in [0.25, 0.3) is 0 Å². The average Bonchev–Trinajstić information content (AvgIpc) is 2.58. The highest BCUT2D eigenvalue weighted by Gasteiger charge is 2.33. The third-order valence-electron chi connectivity index (χ3n) is 3.35. The van der Waals surface area contributed by atoms with Crippen molar-refractivity contribution in [3.63, 3.8) is 0 Å². The molecule has 26 heavy (non-hydrogen) atoms. The Morgan fingerprint density at radius 1 is 0.808 bits per heavy atom. The number of benzene rings is 2. The third kappa shape index (κ3) is 3.88. The number of nitrogens with zero attached hydrogens (tertiary/aromatic N) is 2. The maximum atomic E-state index is 13.7. The van der Waals surface area contributed by atoms with Crippen LogP contribution in [0.4, 0.5) is 45.1 Å². The lowest BCUT2D eigenvalue weighted by Gasteiger charge is -2.14. The van der Waals surface area contributed by atoms with Crippen LogP contribution in [0.1, 0.15) is 5.56 Å². The van der Waals surface area contributed by atoms with Gasteiger partial charge < -0.3 is 10.6 Å². The van der Waals surface area contributed by atoms with Crippen LogP contribution in [-0.2, 0) is 6.18 Å². The molecule has 2 aromatic carbocycles. The smallest absolute Gasteiger partial charge is 0.335 e. The summed E-state index contributed by atoms with van der Waals surface area (Å²) in [5.41, 5.74) is -1.55. The second kappa shape index (κ2) is 6.95. The van der Waals surface area contributed by atoms with E-state index >= 15 is 0 Å². The number of alkyl halides is 3. The Morgan fingerprint density at radius 3 is 2.19 bits per heavy atom. The fourth-order valence-electron chi connectivity index (χ4n) is 2.19. The zero-order valence-corrected chi connectivity index (χ0v) is 13.0. The fraction of sp³-hybridized carbons (Fsp3) is 0.0588. The molecule has 0 aliphatic carbocycles. The summed E-state index contributed by atoms with van der Waals surface area (Å²) in [6.07, 6.45) is -3.32. The first-order valence-corrected chi connectivity index (χ1v) is 7.32. The minimum absolute atomic E-state index is 0.0102. The maximum Gasteiger partial charge on any atom is 0.418 e. The molecule has 0 radical (unpaired) electrons. The van der Waals surface area contributed by atoms with Gasteiger partial charge in [-0.05, 0) is 30.3 Å². The first-order chi connectivity index (χ1) is 12.3. The van der Waals surface area contributed by atoms with Crippen molar-refractivity contribution in [2.75, 3.05) is 10.6 Å². The first-order valence-electron chi connectivity index (χ1n) is 7.32. The van der Waals surface area contributed by atoms with Crippen LogP contribution in [0.5, 0.6) is 0 Å². The molecule has 3 aromatic rings. The third-order valence-corrected chi connectivity index (χ3v) is 3.35. The summed E-state index contributed by atoms with van der Waals surface area (Å²) < 4.78 is 66.5. The molecular weight excluding hydrogens is 355 g/mol. The number of hydrogen-bond donors (Lipinski definition) is 2.